The third kappa shape index (κ3) is 7.85. The Morgan fingerprint density at radius 1 is 0.881 bits per heavy atom. The number of likely N-dealkylation sites (tertiary alicyclic amines) is 1. The lowest BCUT2D eigenvalue weighted by Crippen LogP contribution is -2.20. The Morgan fingerprint density at radius 3 is 2.40 bits per heavy atom. The summed E-state index contributed by atoms with van der Waals surface area (Å²) in [4.78, 5) is 24.0. The first kappa shape index (κ1) is 29.1. The van der Waals surface area contributed by atoms with Gasteiger partial charge in [-0.15, -0.1) is 0 Å². The van der Waals surface area contributed by atoms with E-state index >= 15 is 0 Å². The molecule has 2 heterocycles. The largest absolute Gasteiger partial charge is 0.416 e. The van der Waals surface area contributed by atoms with Gasteiger partial charge in [-0.05, 0) is 106 Å². The summed E-state index contributed by atoms with van der Waals surface area (Å²) in [6, 6.07) is 17.8. The predicted octanol–water partition coefficient (Wildman–Crippen LogP) is 7.57. The molecule has 4 aromatic rings. The molecule has 1 amide bonds. The van der Waals surface area contributed by atoms with Crippen molar-refractivity contribution in [3.05, 3.63) is 101 Å². The van der Waals surface area contributed by atoms with E-state index in [1.54, 1.807) is 30.6 Å². The van der Waals surface area contributed by atoms with Crippen LogP contribution in [-0.4, -0.2) is 40.4 Å². The van der Waals surface area contributed by atoms with E-state index in [0.29, 0.717) is 23.0 Å². The smallest absolute Gasteiger partial charge is 0.353 e. The third-order valence-electron chi connectivity index (χ3n) is 7.20. The number of aryl methyl sites for hydroxylation is 2. The van der Waals surface area contributed by atoms with Gasteiger partial charge in [-0.25, -0.2) is 9.97 Å². The van der Waals surface area contributed by atoms with E-state index in [1.807, 2.05) is 19.1 Å². The highest BCUT2D eigenvalue weighted by molar-refractivity contribution is 6.04. The van der Waals surface area contributed by atoms with Crippen LogP contribution in [0.25, 0.3) is 0 Å². The fourth-order valence-electron chi connectivity index (χ4n) is 4.93. The number of carbonyl (C=O) groups excluding carboxylic acids is 1. The van der Waals surface area contributed by atoms with Crippen molar-refractivity contribution in [3.63, 3.8) is 0 Å². The summed E-state index contributed by atoms with van der Waals surface area (Å²) in [6.45, 7) is 5.47. The van der Waals surface area contributed by atoms with Gasteiger partial charge in [-0.2, -0.15) is 13.2 Å². The fourth-order valence-corrected chi connectivity index (χ4v) is 4.93. The van der Waals surface area contributed by atoms with Crippen molar-refractivity contribution in [2.24, 2.45) is 0 Å². The van der Waals surface area contributed by atoms with Crippen molar-refractivity contribution in [3.8, 4) is 0 Å². The molecule has 218 valence electrons. The number of halogens is 3. The van der Waals surface area contributed by atoms with Gasteiger partial charge in [0.25, 0.3) is 5.91 Å². The first-order valence-electron chi connectivity index (χ1n) is 14.0. The zero-order valence-electron chi connectivity index (χ0n) is 23.3. The molecule has 1 aromatic heterocycles. The molecule has 0 spiro atoms. The molecule has 7 nitrogen and oxygen atoms in total. The van der Waals surface area contributed by atoms with Gasteiger partial charge in [0.2, 0.25) is 5.95 Å². The van der Waals surface area contributed by atoms with Crippen LogP contribution in [0.5, 0.6) is 0 Å². The molecular formula is C32H33F3N6O. The van der Waals surface area contributed by atoms with Crippen LogP contribution in [0.1, 0.15) is 46.3 Å². The van der Waals surface area contributed by atoms with Crippen molar-refractivity contribution < 1.29 is 18.0 Å². The average molecular weight is 575 g/mol. The molecule has 0 radical (unpaired) electrons. The van der Waals surface area contributed by atoms with Gasteiger partial charge in [-0.1, -0.05) is 24.3 Å². The number of nitrogens with one attached hydrogen (secondary N) is 3. The number of carbonyl (C=O) groups is 1. The molecule has 1 aliphatic heterocycles. The van der Waals surface area contributed by atoms with Gasteiger partial charge < -0.3 is 20.9 Å². The second-order valence-electron chi connectivity index (χ2n) is 10.5. The highest BCUT2D eigenvalue weighted by Gasteiger charge is 2.30. The topological polar surface area (TPSA) is 82.2 Å². The fraction of sp³-hybridized carbons (Fsp3) is 0.281. The Kier molecular flexibility index (Phi) is 9.02. The van der Waals surface area contributed by atoms with Crippen LogP contribution in [0.4, 0.5) is 41.9 Å². The zero-order valence-corrected chi connectivity index (χ0v) is 23.3. The van der Waals surface area contributed by atoms with Crippen LogP contribution in [0, 0.1) is 6.92 Å². The lowest BCUT2D eigenvalue weighted by atomic mass is 10.1. The summed E-state index contributed by atoms with van der Waals surface area (Å²) in [5, 5.41) is 9.17. The van der Waals surface area contributed by atoms with E-state index in [-0.39, 0.29) is 5.56 Å². The van der Waals surface area contributed by atoms with Crippen LogP contribution >= 0.6 is 0 Å². The van der Waals surface area contributed by atoms with Crippen molar-refractivity contribution >= 4 is 34.6 Å². The molecule has 5 rings (SSSR count). The summed E-state index contributed by atoms with van der Waals surface area (Å²) >= 11 is 0. The molecule has 3 N–H and O–H groups in total. The quantitative estimate of drug-likeness (QED) is 0.181. The molecule has 1 fully saturated rings. The van der Waals surface area contributed by atoms with Crippen LogP contribution in [-0.2, 0) is 12.6 Å². The minimum absolute atomic E-state index is 0.0796. The Morgan fingerprint density at radius 2 is 1.64 bits per heavy atom. The molecule has 0 unspecified atom stereocenters. The maximum Gasteiger partial charge on any atom is 0.416 e. The number of nitrogens with zero attached hydrogens (tertiary/aromatic N) is 3. The first-order valence-corrected chi connectivity index (χ1v) is 14.0. The SMILES string of the molecule is Cc1ccc(NC(=O)c2cccc(C(F)(F)F)c2)cc1Nc1cnc(Nc2cccc(CCCN3CCCC3)c2)nc1. The van der Waals surface area contributed by atoms with Gasteiger partial charge in [0.05, 0.1) is 23.6 Å². The van der Waals surface area contributed by atoms with E-state index in [2.05, 4.69) is 43.0 Å². The molecule has 0 aliphatic carbocycles. The third-order valence-corrected chi connectivity index (χ3v) is 7.20. The maximum absolute atomic E-state index is 13.0. The Hall–Kier alpha value is -4.44. The Bertz CT molecular complexity index is 1520. The predicted molar refractivity (Wildman–Crippen MR) is 160 cm³/mol. The number of rotatable bonds is 10. The van der Waals surface area contributed by atoms with Gasteiger partial charge in [0.1, 0.15) is 0 Å². The molecule has 42 heavy (non-hydrogen) atoms. The highest BCUT2D eigenvalue weighted by Crippen LogP contribution is 2.30. The van der Waals surface area contributed by atoms with Gasteiger partial charge >= 0.3 is 6.18 Å². The van der Waals surface area contributed by atoms with Crippen molar-refractivity contribution in [2.75, 3.05) is 35.6 Å². The molecule has 1 aliphatic rings. The normalized spacial score (nSPS) is 13.6. The maximum atomic E-state index is 13.0. The summed E-state index contributed by atoms with van der Waals surface area (Å²) in [5.74, 6) is -0.168. The van der Waals surface area contributed by atoms with Crippen molar-refractivity contribution in [2.45, 2.75) is 38.8 Å². The molecule has 0 bridgehead atoms. The molecular weight excluding hydrogens is 541 g/mol. The van der Waals surface area contributed by atoms with Crippen LogP contribution in [0.15, 0.2) is 79.1 Å². The van der Waals surface area contributed by atoms with Crippen LogP contribution in [0.3, 0.4) is 0 Å². The van der Waals surface area contributed by atoms with E-state index < -0.39 is 17.6 Å². The minimum Gasteiger partial charge on any atom is -0.353 e. The molecule has 10 heteroatoms. The zero-order chi connectivity index (χ0) is 29.5. The van der Waals surface area contributed by atoms with Crippen molar-refractivity contribution in [1.82, 2.24) is 14.9 Å². The summed E-state index contributed by atoms with van der Waals surface area (Å²) < 4.78 is 39.1. The number of aromatic nitrogens is 2. The summed E-state index contributed by atoms with van der Waals surface area (Å²) in [5.41, 5.74) is 3.91. The number of hydrogen-bond donors (Lipinski definition) is 3. The average Bonchev–Trinajstić information content (AvgIpc) is 3.49. The number of hydrogen-bond acceptors (Lipinski definition) is 6. The van der Waals surface area contributed by atoms with Gasteiger partial charge in [0, 0.05) is 22.6 Å². The number of anilines is 5. The Labute approximate surface area is 243 Å². The molecule has 3 aromatic carbocycles. The Balaban J connectivity index is 1.18. The lowest BCUT2D eigenvalue weighted by molar-refractivity contribution is -0.137. The molecule has 0 saturated carbocycles. The van der Waals surface area contributed by atoms with Gasteiger partial charge in [0.15, 0.2) is 0 Å². The van der Waals surface area contributed by atoms with E-state index in [9.17, 15) is 18.0 Å². The lowest BCUT2D eigenvalue weighted by Gasteiger charge is -2.14. The monoisotopic (exact) mass is 574 g/mol. The van der Waals surface area contributed by atoms with E-state index in [1.165, 1.54) is 43.6 Å². The summed E-state index contributed by atoms with van der Waals surface area (Å²) in [7, 11) is 0. The minimum atomic E-state index is -4.53. The molecule has 1 saturated heterocycles. The van der Waals surface area contributed by atoms with E-state index in [0.717, 1.165) is 42.8 Å². The second kappa shape index (κ2) is 13.0. The van der Waals surface area contributed by atoms with Crippen LogP contribution in [0.2, 0.25) is 0 Å². The second-order valence-corrected chi connectivity index (χ2v) is 10.5. The number of amides is 1. The van der Waals surface area contributed by atoms with Gasteiger partial charge in [-0.3, -0.25) is 4.79 Å². The van der Waals surface area contributed by atoms with Crippen molar-refractivity contribution in [1.29, 1.82) is 0 Å². The highest BCUT2D eigenvalue weighted by atomic mass is 19.4. The number of benzene rings is 3. The standard InChI is InChI=1S/C32H33F3N6O/c1-22-12-13-27(39-30(42)24-9-5-10-25(18-24)32(33,34)35)19-29(22)38-28-20-36-31(37-21-28)40-26-11-4-7-23(17-26)8-6-16-41-14-2-3-15-41/h4-5,7,9-13,17-21,38H,2-3,6,8,14-16H2,1H3,(H,39,42)(H,36,37,40). The summed E-state index contributed by atoms with van der Waals surface area (Å²) in [6.07, 6.45) is 3.56. The molecule has 0 atom stereocenters. The van der Waals surface area contributed by atoms with E-state index in [4.69, 9.17) is 0 Å². The first-order chi connectivity index (χ1) is 20.2. The number of alkyl halides is 3. The van der Waals surface area contributed by atoms with Crippen LogP contribution < -0.4 is 16.0 Å².